The van der Waals surface area contributed by atoms with E-state index in [0.29, 0.717) is 23.9 Å². The van der Waals surface area contributed by atoms with Gasteiger partial charge in [0.25, 0.3) is 5.91 Å². The number of halogens is 1. The third-order valence-electron chi connectivity index (χ3n) is 4.77. The predicted octanol–water partition coefficient (Wildman–Crippen LogP) is 3.74. The highest BCUT2D eigenvalue weighted by Crippen LogP contribution is 2.49. The summed E-state index contributed by atoms with van der Waals surface area (Å²) in [6.45, 7) is 8.71. The minimum Gasteiger partial charge on any atom is -0.444 e. The number of aryl methyl sites for hydroxylation is 1. The average molecular weight is 409 g/mol. The number of alkyl carbamates (subject to hydrolysis) is 1. The molecule has 1 saturated heterocycles. The van der Waals surface area contributed by atoms with Crippen molar-refractivity contribution in [2.45, 2.75) is 45.8 Å². The first kappa shape index (κ1) is 18.2. The molecule has 0 aromatic heterocycles. The van der Waals surface area contributed by atoms with Crippen molar-refractivity contribution in [2.75, 3.05) is 13.1 Å². The van der Waals surface area contributed by atoms with Crippen LogP contribution in [0.2, 0.25) is 0 Å². The van der Waals surface area contributed by atoms with E-state index in [-0.39, 0.29) is 11.9 Å². The number of carbonyl (C=O) groups excluding carboxylic acids is 2. The Balaban J connectivity index is 1.67. The van der Waals surface area contributed by atoms with E-state index in [2.05, 4.69) is 21.2 Å². The van der Waals surface area contributed by atoms with Gasteiger partial charge in [0.2, 0.25) is 0 Å². The molecule has 1 aromatic rings. The zero-order valence-electron chi connectivity index (χ0n) is 15.1. The van der Waals surface area contributed by atoms with Crippen LogP contribution in [0, 0.1) is 18.8 Å². The molecule has 0 spiro atoms. The fourth-order valence-electron chi connectivity index (χ4n) is 3.52. The smallest absolute Gasteiger partial charge is 0.407 e. The molecule has 2 fully saturated rings. The normalized spacial score (nSPS) is 24.7. The van der Waals surface area contributed by atoms with Gasteiger partial charge in [-0.2, -0.15) is 0 Å². The largest absolute Gasteiger partial charge is 0.444 e. The predicted molar refractivity (Wildman–Crippen MR) is 99.5 cm³/mol. The van der Waals surface area contributed by atoms with Gasteiger partial charge in [-0.25, -0.2) is 4.79 Å². The van der Waals surface area contributed by atoms with Crippen molar-refractivity contribution in [2.24, 2.45) is 11.8 Å². The molecule has 25 heavy (non-hydrogen) atoms. The van der Waals surface area contributed by atoms with Gasteiger partial charge in [-0.05, 0) is 79.6 Å². The van der Waals surface area contributed by atoms with Gasteiger partial charge in [0.1, 0.15) is 5.60 Å². The van der Waals surface area contributed by atoms with E-state index in [0.717, 1.165) is 23.0 Å². The van der Waals surface area contributed by atoms with E-state index >= 15 is 0 Å². The number of likely N-dealkylation sites (tertiary alicyclic amines) is 1. The maximum Gasteiger partial charge on any atom is 0.407 e. The lowest BCUT2D eigenvalue weighted by atomic mass is 10.1. The van der Waals surface area contributed by atoms with Crippen molar-refractivity contribution in [3.05, 3.63) is 33.8 Å². The Bertz CT molecular complexity index is 698. The second-order valence-corrected chi connectivity index (χ2v) is 8.90. The summed E-state index contributed by atoms with van der Waals surface area (Å²) in [5.41, 5.74) is 1.26. The summed E-state index contributed by atoms with van der Waals surface area (Å²) in [7, 11) is 0. The topological polar surface area (TPSA) is 58.6 Å². The number of piperidine rings is 1. The van der Waals surface area contributed by atoms with Crippen LogP contribution in [0.15, 0.2) is 22.7 Å². The molecule has 1 saturated carbocycles. The average Bonchev–Trinajstić information content (AvgIpc) is 3.15. The van der Waals surface area contributed by atoms with Crippen molar-refractivity contribution in [1.82, 2.24) is 10.2 Å². The summed E-state index contributed by atoms with van der Waals surface area (Å²) in [4.78, 5) is 26.8. The maximum atomic E-state index is 13.0. The van der Waals surface area contributed by atoms with Gasteiger partial charge in [0, 0.05) is 17.6 Å². The zero-order chi connectivity index (χ0) is 18.4. The summed E-state index contributed by atoms with van der Waals surface area (Å²) in [5, 5.41) is 2.83. The number of hydrogen-bond donors (Lipinski definition) is 1. The third-order valence-corrected chi connectivity index (χ3v) is 5.43. The zero-order valence-corrected chi connectivity index (χ0v) is 16.7. The van der Waals surface area contributed by atoms with E-state index in [1.807, 2.05) is 50.8 Å². The molecule has 1 aliphatic heterocycles. The van der Waals surface area contributed by atoms with Gasteiger partial charge < -0.3 is 15.0 Å². The van der Waals surface area contributed by atoms with Gasteiger partial charge in [-0.1, -0.05) is 6.07 Å². The summed E-state index contributed by atoms with van der Waals surface area (Å²) < 4.78 is 6.11. The highest BCUT2D eigenvalue weighted by molar-refractivity contribution is 9.10. The number of hydrogen-bond acceptors (Lipinski definition) is 3. The summed E-state index contributed by atoms with van der Waals surface area (Å²) in [6, 6.07) is 5.81. The first-order valence-electron chi connectivity index (χ1n) is 8.69. The van der Waals surface area contributed by atoms with Crippen molar-refractivity contribution in [1.29, 1.82) is 0 Å². The minimum absolute atomic E-state index is 0.0232. The van der Waals surface area contributed by atoms with Crippen molar-refractivity contribution in [3.63, 3.8) is 0 Å². The minimum atomic E-state index is -0.524. The standard InChI is InChI=1S/C19H25BrN2O3/c1-11-5-6-13(15(20)7-11)17(23)22-10-12-8-14(12)16(22)9-21-18(24)25-19(2,3)4/h5-7,12,14,16H,8-10H2,1-4H3,(H,21,24). The summed E-state index contributed by atoms with van der Waals surface area (Å²) in [5.74, 6) is 1.08. The Labute approximate surface area is 157 Å². The molecule has 5 nitrogen and oxygen atoms in total. The number of amides is 2. The van der Waals surface area contributed by atoms with Crippen LogP contribution >= 0.6 is 15.9 Å². The van der Waals surface area contributed by atoms with Gasteiger partial charge in [-0.3, -0.25) is 4.79 Å². The molecule has 3 atom stereocenters. The van der Waals surface area contributed by atoms with Crippen LogP contribution in [-0.2, 0) is 4.74 Å². The number of benzene rings is 1. The van der Waals surface area contributed by atoms with Crippen LogP contribution in [0.3, 0.4) is 0 Å². The SMILES string of the molecule is Cc1ccc(C(=O)N2CC3CC3C2CNC(=O)OC(C)(C)C)c(Br)c1. The lowest BCUT2D eigenvalue weighted by Gasteiger charge is -2.29. The molecule has 3 rings (SSSR count). The molecule has 2 aliphatic rings. The molecule has 2 amide bonds. The van der Waals surface area contributed by atoms with Crippen LogP contribution in [0.4, 0.5) is 4.79 Å². The Morgan fingerprint density at radius 2 is 2.08 bits per heavy atom. The lowest BCUT2D eigenvalue weighted by molar-refractivity contribution is 0.0493. The van der Waals surface area contributed by atoms with E-state index in [9.17, 15) is 9.59 Å². The molecular weight excluding hydrogens is 384 g/mol. The number of rotatable bonds is 3. The molecule has 6 heteroatoms. The Kier molecular flexibility index (Phi) is 4.84. The molecule has 1 aliphatic carbocycles. The van der Waals surface area contributed by atoms with E-state index in [1.54, 1.807) is 0 Å². The van der Waals surface area contributed by atoms with Gasteiger partial charge in [0.15, 0.2) is 0 Å². The molecule has 1 N–H and O–H groups in total. The van der Waals surface area contributed by atoms with Gasteiger partial charge in [-0.15, -0.1) is 0 Å². The van der Waals surface area contributed by atoms with Gasteiger partial charge in [0.05, 0.1) is 11.6 Å². The van der Waals surface area contributed by atoms with Crippen LogP contribution < -0.4 is 5.32 Å². The molecule has 136 valence electrons. The fourth-order valence-corrected chi connectivity index (χ4v) is 4.18. The lowest BCUT2D eigenvalue weighted by Crippen LogP contribution is -2.46. The van der Waals surface area contributed by atoms with Crippen LogP contribution in [0.1, 0.15) is 43.1 Å². The summed E-state index contributed by atoms with van der Waals surface area (Å²) >= 11 is 3.50. The van der Waals surface area contributed by atoms with E-state index in [4.69, 9.17) is 4.74 Å². The Morgan fingerprint density at radius 3 is 2.72 bits per heavy atom. The second kappa shape index (κ2) is 6.63. The number of nitrogens with zero attached hydrogens (tertiary/aromatic N) is 1. The van der Waals surface area contributed by atoms with Crippen molar-refractivity contribution < 1.29 is 14.3 Å². The van der Waals surface area contributed by atoms with Crippen molar-refractivity contribution in [3.8, 4) is 0 Å². The maximum absolute atomic E-state index is 13.0. The Morgan fingerprint density at radius 1 is 1.36 bits per heavy atom. The van der Waals surface area contributed by atoms with E-state index < -0.39 is 11.7 Å². The molecule has 1 heterocycles. The quantitative estimate of drug-likeness (QED) is 0.828. The van der Waals surface area contributed by atoms with Crippen molar-refractivity contribution >= 4 is 27.9 Å². The monoisotopic (exact) mass is 408 g/mol. The molecular formula is C19H25BrN2O3. The third kappa shape index (κ3) is 4.17. The fraction of sp³-hybridized carbons (Fsp3) is 0.579. The Hall–Kier alpha value is -1.56. The van der Waals surface area contributed by atoms with E-state index in [1.165, 1.54) is 0 Å². The molecule has 0 radical (unpaired) electrons. The molecule has 3 unspecified atom stereocenters. The molecule has 1 aromatic carbocycles. The van der Waals surface area contributed by atoms with Gasteiger partial charge >= 0.3 is 6.09 Å². The highest BCUT2D eigenvalue weighted by atomic mass is 79.9. The number of nitrogens with one attached hydrogen (secondary N) is 1. The number of ether oxygens (including phenoxy) is 1. The second-order valence-electron chi connectivity index (χ2n) is 8.05. The highest BCUT2D eigenvalue weighted by Gasteiger charge is 2.54. The van der Waals surface area contributed by atoms with Crippen LogP contribution in [0.25, 0.3) is 0 Å². The first-order valence-corrected chi connectivity index (χ1v) is 9.49. The molecule has 0 bridgehead atoms. The number of carbonyl (C=O) groups is 2. The first-order chi connectivity index (χ1) is 11.7. The number of fused-ring (bicyclic) bond motifs is 1. The van der Waals surface area contributed by atoms with Crippen LogP contribution in [0.5, 0.6) is 0 Å². The van der Waals surface area contributed by atoms with Crippen LogP contribution in [-0.4, -0.2) is 41.6 Å². The summed E-state index contributed by atoms with van der Waals surface area (Å²) in [6.07, 6.45) is 0.708.